The van der Waals surface area contributed by atoms with Gasteiger partial charge in [0.05, 0.1) is 22.0 Å². The summed E-state index contributed by atoms with van der Waals surface area (Å²) in [6.45, 7) is 4.89. The molecule has 0 aliphatic carbocycles. The summed E-state index contributed by atoms with van der Waals surface area (Å²) in [4.78, 5) is 10.5. The molecule has 0 spiro atoms. The quantitative estimate of drug-likeness (QED) is 0.475. The second-order valence-corrected chi connectivity index (χ2v) is 6.88. The van der Waals surface area contributed by atoms with Crippen LogP contribution < -0.4 is 0 Å². The second kappa shape index (κ2) is 6.47. The standard InChI is InChI=1S/C16H17NO5S/c1-11-8-12(2)16(13(3)9-11)23(20,21)22-10-14-6-4-5-7-15(14)17(18)19/h4-9H,10H2,1-3H3. The van der Waals surface area contributed by atoms with Crippen LogP contribution in [0.4, 0.5) is 5.69 Å². The molecule has 0 aliphatic rings. The zero-order valence-electron chi connectivity index (χ0n) is 13.1. The summed E-state index contributed by atoms with van der Waals surface area (Å²) in [5.41, 5.74) is 2.18. The van der Waals surface area contributed by atoms with Gasteiger partial charge in [-0.25, -0.2) is 0 Å². The van der Waals surface area contributed by atoms with Crippen molar-refractivity contribution in [1.82, 2.24) is 0 Å². The van der Waals surface area contributed by atoms with Crippen LogP contribution >= 0.6 is 0 Å². The Morgan fingerprint density at radius 1 is 1.09 bits per heavy atom. The van der Waals surface area contributed by atoms with Crippen molar-refractivity contribution < 1.29 is 17.5 Å². The van der Waals surface area contributed by atoms with E-state index in [1.165, 1.54) is 18.2 Å². The van der Waals surface area contributed by atoms with Gasteiger partial charge in [0.25, 0.3) is 15.8 Å². The molecule has 122 valence electrons. The van der Waals surface area contributed by atoms with Crippen molar-refractivity contribution in [2.45, 2.75) is 32.3 Å². The summed E-state index contributed by atoms with van der Waals surface area (Å²) in [5.74, 6) is 0. The van der Waals surface area contributed by atoms with Crippen LogP contribution in [0, 0.1) is 30.9 Å². The molecule has 6 nitrogen and oxygen atoms in total. The molecule has 2 rings (SSSR count). The Bertz CT molecular complexity index is 836. The molecular weight excluding hydrogens is 318 g/mol. The molecule has 0 aliphatic heterocycles. The number of nitro groups is 1. The number of aryl methyl sites for hydroxylation is 3. The van der Waals surface area contributed by atoms with Gasteiger partial charge in [0, 0.05) is 6.07 Å². The third-order valence-corrected chi connectivity index (χ3v) is 4.98. The molecule has 0 radical (unpaired) electrons. The highest BCUT2D eigenvalue weighted by molar-refractivity contribution is 7.86. The zero-order valence-corrected chi connectivity index (χ0v) is 13.9. The van der Waals surface area contributed by atoms with E-state index in [-0.39, 0.29) is 22.8 Å². The number of rotatable bonds is 5. The zero-order chi connectivity index (χ0) is 17.2. The first-order valence-corrected chi connectivity index (χ1v) is 8.33. The first-order valence-electron chi connectivity index (χ1n) is 6.92. The Hall–Kier alpha value is -2.25. The number of para-hydroxylation sites is 1. The molecular formula is C16H17NO5S. The maximum atomic E-state index is 12.4. The van der Waals surface area contributed by atoms with Gasteiger partial charge in [-0.1, -0.05) is 29.8 Å². The lowest BCUT2D eigenvalue weighted by Crippen LogP contribution is -2.11. The van der Waals surface area contributed by atoms with Gasteiger partial charge in [0.15, 0.2) is 0 Å². The molecule has 0 bridgehead atoms. The van der Waals surface area contributed by atoms with E-state index in [1.54, 1.807) is 32.0 Å². The van der Waals surface area contributed by atoms with E-state index in [1.807, 2.05) is 6.92 Å². The van der Waals surface area contributed by atoms with Crippen LogP contribution in [0.25, 0.3) is 0 Å². The monoisotopic (exact) mass is 335 g/mol. The SMILES string of the molecule is Cc1cc(C)c(S(=O)(=O)OCc2ccccc2[N+](=O)[O-])c(C)c1. The minimum atomic E-state index is -4.00. The molecule has 7 heteroatoms. The van der Waals surface area contributed by atoms with Crippen molar-refractivity contribution in [3.63, 3.8) is 0 Å². The predicted octanol–water partition coefficient (Wildman–Crippen LogP) is 3.43. The van der Waals surface area contributed by atoms with Crippen molar-refractivity contribution in [1.29, 1.82) is 0 Å². The van der Waals surface area contributed by atoms with Gasteiger partial charge in [-0.3, -0.25) is 14.3 Å². The summed E-state index contributed by atoms with van der Waals surface area (Å²) < 4.78 is 30.0. The highest BCUT2D eigenvalue weighted by atomic mass is 32.2. The van der Waals surface area contributed by atoms with Gasteiger partial charge < -0.3 is 0 Å². The average molecular weight is 335 g/mol. The average Bonchev–Trinajstić information content (AvgIpc) is 2.44. The Morgan fingerprint density at radius 3 is 2.22 bits per heavy atom. The molecule has 0 unspecified atom stereocenters. The summed E-state index contributed by atoms with van der Waals surface area (Å²) in [7, 11) is -4.00. The molecule has 0 saturated carbocycles. The van der Waals surface area contributed by atoms with Crippen LogP contribution in [0.2, 0.25) is 0 Å². The van der Waals surface area contributed by atoms with Crippen LogP contribution in [-0.2, 0) is 20.9 Å². The van der Waals surface area contributed by atoms with Crippen molar-refractivity contribution in [3.8, 4) is 0 Å². The smallest absolute Gasteiger partial charge is 0.261 e. The van der Waals surface area contributed by atoms with Crippen LogP contribution in [0.5, 0.6) is 0 Å². The number of hydrogen-bond donors (Lipinski definition) is 0. The van der Waals surface area contributed by atoms with Crippen LogP contribution in [0.15, 0.2) is 41.3 Å². The normalized spacial score (nSPS) is 11.4. The lowest BCUT2D eigenvalue weighted by atomic mass is 10.1. The largest absolute Gasteiger partial charge is 0.297 e. The molecule has 0 saturated heterocycles. The molecule has 0 aromatic heterocycles. The summed E-state index contributed by atoms with van der Waals surface area (Å²) in [6.07, 6.45) is 0. The number of hydrogen-bond acceptors (Lipinski definition) is 5. The third-order valence-electron chi connectivity index (χ3n) is 3.41. The number of nitro benzene ring substituents is 1. The van der Waals surface area contributed by atoms with Gasteiger partial charge in [0.2, 0.25) is 0 Å². The fourth-order valence-corrected chi connectivity index (χ4v) is 3.88. The highest BCUT2D eigenvalue weighted by Crippen LogP contribution is 2.26. The van der Waals surface area contributed by atoms with Gasteiger partial charge in [-0.05, 0) is 38.0 Å². The first-order chi connectivity index (χ1) is 10.7. The molecule has 2 aromatic carbocycles. The van der Waals surface area contributed by atoms with Crippen LogP contribution in [-0.4, -0.2) is 13.3 Å². The van der Waals surface area contributed by atoms with Crippen molar-refractivity contribution in [2.75, 3.05) is 0 Å². The molecule has 0 fully saturated rings. The van der Waals surface area contributed by atoms with Gasteiger partial charge in [-0.15, -0.1) is 0 Å². The Kier molecular flexibility index (Phi) is 4.82. The minimum Gasteiger partial charge on any atom is -0.261 e. The Balaban J connectivity index is 2.33. The maximum Gasteiger partial charge on any atom is 0.297 e. The van der Waals surface area contributed by atoms with E-state index in [0.717, 1.165) is 5.56 Å². The molecule has 23 heavy (non-hydrogen) atoms. The summed E-state index contributed by atoms with van der Waals surface area (Å²) in [6, 6.07) is 9.42. The van der Waals surface area contributed by atoms with E-state index in [4.69, 9.17) is 4.18 Å². The molecule has 0 atom stereocenters. The second-order valence-electron chi connectivity index (χ2n) is 5.33. The molecule has 0 heterocycles. The van der Waals surface area contributed by atoms with Gasteiger partial charge >= 0.3 is 0 Å². The summed E-state index contributed by atoms with van der Waals surface area (Å²) in [5, 5.41) is 11.0. The van der Waals surface area contributed by atoms with Crippen molar-refractivity contribution >= 4 is 15.8 Å². The highest BCUT2D eigenvalue weighted by Gasteiger charge is 2.23. The maximum absolute atomic E-state index is 12.4. The minimum absolute atomic E-state index is 0.113. The van der Waals surface area contributed by atoms with E-state index < -0.39 is 15.0 Å². The van der Waals surface area contributed by atoms with Crippen molar-refractivity contribution in [2.24, 2.45) is 0 Å². The molecule has 0 N–H and O–H groups in total. The van der Waals surface area contributed by atoms with Crippen LogP contribution in [0.3, 0.4) is 0 Å². The van der Waals surface area contributed by atoms with Crippen molar-refractivity contribution in [3.05, 3.63) is 68.8 Å². The van der Waals surface area contributed by atoms with E-state index >= 15 is 0 Å². The van der Waals surface area contributed by atoms with E-state index in [0.29, 0.717) is 11.1 Å². The first kappa shape index (κ1) is 17.1. The Morgan fingerprint density at radius 2 is 1.65 bits per heavy atom. The lowest BCUT2D eigenvalue weighted by Gasteiger charge is -2.12. The van der Waals surface area contributed by atoms with E-state index in [2.05, 4.69) is 0 Å². The lowest BCUT2D eigenvalue weighted by molar-refractivity contribution is -0.385. The van der Waals surface area contributed by atoms with E-state index in [9.17, 15) is 18.5 Å². The van der Waals surface area contributed by atoms with Crippen LogP contribution in [0.1, 0.15) is 22.3 Å². The predicted molar refractivity (Wildman–Crippen MR) is 85.7 cm³/mol. The molecule has 0 amide bonds. The summed E-state index contributed by atoms with van der Waals surface area (Å²) >= 11 is 0. The fraction of sp³-hybridized carbons (Fsp3) is 0.250. The Labute approximate surface area is 135 Å². The number of nitrogens with zero attached hydrogens (tertiary/aromatic N) is 1. The third kappa shape index (κ3) is 3.75. The number of benzene rings is 2. The fourth-order valence-electron chi connectivity index (χ4n) is 2.57. The topological polar surface area (TPSA) is 86.5 Å². The van der Waals surface area contributed by atoms with Gasteiger partial charge in [-0.2, -0.15) is 8.42 Å². The van der Waals surface area contributed by atoms with Gasteiger partial charge in [0.1, 0.15) is 0 Å². The molecule has 2 aromatic rings.